The van der Waals surface area contributed by atoms with Gasteiger partial charge in [0.25, 0.3) is 5.91 Å². The number of aryl methyl sites for hydroxylation is 1. The summed E-state index contributed by atoms with van der Waals surface area (Å²) in [6.45, 7) is 2.37. The standard InChI is InChI=1S/C28H24BrN3O2S/c1-19-7-13-23(14-8-19)32-27(34)25(17-21-9-11-22(29)12-10-21)35-28(32)24(18-30)26(33)31-16-15-20-5-3-2-4-6-20/h2-14,25H,15-17H2,1H3,(H,31,33)/b28-24-. The van der Waals surface area contributed by atoms with Gasteiger partial charge in [-0.15, -0.1) is 0 Å². The molecule has 1 N–H and O–H groups in total. The molecule has 0 radical (unpaired) electrons. The Morgan fingerprint density at radius 3 is 2.37 bits per heavy atom. The summed E-state index contributed by atoms with van der Waals surface area (Å²) in [6.07, 6.45) is 1.15. The fourth-order valence-corrected chi connectivity index (χ4v) is 5.38. The highest BCUT2D eigenvalue weighted by Gasteiger charge is 2.40. The van der Waals surface area contributed by atoms with E-state index in [1.807, 2.05) is 85.8 Å². The van der Waals surface area contributed by atoms with E-state index in [0.29, 0.717) is 30.1 Å². The van der Waals surface area contributed by atoms with Gasteiger partial charge in [-0.05, 0) is 55.2 Å². The number of hydrogen-bond donors (Lipinski definition) is 1. The van der Waals surface area contributed by atoms with E-state index in [4.69, 9.17) is 0 Å². The lowest BCUT2D eigenvalue weighted by Crippen LogP contribution is -2.32. The molecule has 1 aliphatic heterocycles. The smallest absolute Gasteiger partial charge is 0.264 e. The average Bonchev–Trinajstić information content (AvgIpc) is 3.17. The number of nitriles is 1. The van der Waals surface area contributed by atoms with E-state index in [1.54, 1.807) is 0 Å². The van der Waals surface area contributed by atoms with Crippen LogP contribution in [0.4, 0.5) is 5.69 Å². The van der Waals surface area contributed by atoms with Crippen LogP contribution in [0.1, 0.15) is 16.7 Å². The van der Waals surface area contributed by atoms with Gasteiger partial charge in [0.2, 0.25) is 5.91 Å². The number of thioether (sulfide) groups is 1. The van der Waals surface area contributed by atoms with E-state index in [-0.39, 0.29) is 11.5 Å². The highest BCUT2D eigenvalue weighted by molar-refractivity contribution is 9.10. The molecule has 176 valence electrons. The molecule has 4 rings (SSSR count). The molecule has 0 saturated carbocycles. The minimum atomic E-state index is -0.472. The SMILES string of the molecule is Cc1ccc(N2C(=O)C(Cc3ccc(Br)cc3)S/C2=C(/C#N)C(=O)NCCc2ccccc2)cc1. The lowest BCUT2D eigenvalue weighted by atomic mass is 10.1. The molecular weight excluding hydrogens is 522 g/mol. The second-order valence-electron chi connectivity index (χ2n) is 8.23. The second-order valence-corrected chi connectivity index (χ2v) is 10.3. The van der Waals surface area contributed by atoms with Gasteiger partial charge in [0, 0.05) is 16.7 Å². The molecular formula is C28H24BrN3O2S. The van der Waals surface area contributed by atoms with Crippen LogP contribution < -0.4 is 10.2 Å². The van der Waals surface area contributed by atoms with Crippen molar-refractivity contribution in [1.29, 1.82) is 5.26 Å². The zero-order valence-corrected chi connectivity index (χ0v) is 21.6. The maximum Gasteiger partial charge on any atom is 0.264 e. The topological polar surface area (TPSA) is 73.2 Å². The van der Waals surface area contributed by atoms with Crippen molar-refractivity contribution >= 4 is 45.2 Å². The molecule has 7 heteroatoms. The summed E-state index contributed by atoms with van der Waals surface area (Å²) in [6, 6.07) is 27.2. The number of rotatable bonds is 7. The minimum Gasteiger partial charge on any atom is -0.351 e. The van der Waals surface area contributed by atoms with Gasteiger partial charge in [0.1, 0.15) is 16.7 Å². The van der Waals surface area contributed by atoms with Crippen molar-refractivity contribution in [3.8, 4) is 6.07 Å². The molecule has 1 atom stereocenters. The number of carbonyl (C=O) groups is 2. The molecule has 3 aromatic rings. The average molecular weight is 546 g/mol. The Hall–Kier alpha value is -3.34. The van der Waals surface area contributed by atoms with Crippen LogP contribution in [0.15, 0.2) is 93.9 Å². The van der Waals surface area contributed by atoms with Crippen LogP contribution in [0.3, 0.4) is 0 Å². The van der Waals surface area contributed by atoms with Crippen LogP contribution in [0, 0.1) is 18.3 Å². The first-order valence-electron chi connectivity index (χ1n) is 11.2. The maximum atomic E-state index is 13.5. The van der Waals surface area contributed by atoms with E-state index in [2.05, 4.69) is 27.3 Å². The van der Waals surface area contributed by atoms with Crippen molar-refractivity contribution in [1.82, 2.24) is 5.32 Å². The van der Waals surface area contributed by atoms with Gasteiger partial charge in [-0.1, -0.05) is 87.9 Å². The molecule has 1 aliphatic rings. The number of nitrogens with zero attached hydrogens (tertiary/aromatic N) is 2. The van der Waals surface area contributed by atoms with Crippen molar-refractivity contribution in [3.63, 3.8) is 0 Å². The first-order chi connectivity index (χ1) is 17.0. The number of halogens is 1. The second kappa shape index (κ2) is 11.4. The summed E-state index contributed by atoms with van der Waals surface area (Å²) in [5, 5.41) is 12.7. The fourth-order valence-electron chi connectivity index (χ4n) is 3.80. The maximum absolute atomic E-state index is 13.5. The largest absolute Gasteiger partial charge is 0.351 e. The van der Waals surface area contributed by atoms with E-state index >= 15 is 0 Å². The monoisotopic (exact) mass is 545 g/mol. The number of hydrogen-bond acceptors (Lipinski definition) is 4. The number of benzene rings is 3. The molecule has 0 aromatic heterocycles. The van der Waals surface area contributed by atoms with Crippen molar-refractivity contribution < 1.29 is 9.59 Å². The molecule has 1 saturated heterocycles. The van der Waals surface area contributed by atoms with Crippen molar-refractivity contribution in [2.45, 2.75) is 25.0 Å². The van der Waals surface area contributed by atoms with Crippen LogP contribution in [-0.2, 0) is 22.4 Å². The minimum absolute atomic E-state index is 0.0460. The Morgan fingerprint density at radius 2 is 1.71 bits per heavy atom. The normalized spacial score (nSPS) is 16.7. The summed E-state index contributed by atoms with van der Waals surface area (Å²) in [5.74, 6) is -0.609. The Balaban J connectivity index is 1.61. The van der Waals surface area contributed by atoms with Gasteiger partial charge < -0.3 is 5.32 Å². The lowest BCUT2D eigenvalue weighted by Gasteiger charge is -2.19. The van der Waals surface area contributed by atoms with Crippen LogP contribution in [0.25, 0.3) is 0 Å². The Labute approximate surface area is 218 Å². The molecule has 1 heterocycles. The highest BCUT2D eigenvalue weighted by Crippen LogP contribution is 2.42. The highest BCUT2D eigenvalue weighted by atomic mass is 79.9. The lowest BCUT2D eigenvalue weighted by molar-refractivity contribution is -0.117. The van der Waals surface area contributed by atoms with E-state index in [1.165, 1.54) is 16.7 Å². The van der Waals surface area contributed by atoms with Crippen LogP contribution in [0.2, 0.25) is 0 Å². The van der Waals surface area contributed by atoms with Crippen molar-refractivity contribution in [2.24, 2.45) is 0 Å². The Kier molecular flexibility index (Phi) is 8.06. The van der Waals surface area contributed by atoms with Crippen molar-refractivity contribution in [3.05, 3.63) is 111 Å². The zero-order valence-electron chi connectivity index (χ0n) is 19.2. The van der Waals surface area contributed by atoms with Crippen molar-refractivity contribution in [2.75, 3.05) is 11.4 Å². The van der Waals surface area contributed by atoms with E-state index in [9.17, 15) is 14.9 Å². The first-order valence-corrected chi connectivity index (χ1v) is 12.9. The molecule has 35 heavy (non-hydrogen) atoms. The summed E-state index contributed by atoms with van der Waals surface area (Å²) in [7, 11) is 0. The first kappa shape index (κ1) is 24.8. The number of amides is 2. The molecule has 5 nitrogen and oxygen atoms in total. The fraction of sp³-hybridized carbons (Fsp3) is 0.179. The number of anilines is 1. The van der Waals surface area contributed by atoms with E-state index < -0.39 is 11.2 Å². The van der Waals surface area contributed by atoms with Gasteiger partial charge in [-0.3, -0.25) is 14.5 Å². The van der Waals surface area contributed by atoms with Gasteiger partial charge in [-0.2, -0.15) is 5.26 Å². The van der Waals surface area contributed by atoms with Gasteiger partial charge in [0.15, 0.2) is 0 Å². The third-order valence-electron chi connectivity index (χ3n) is 5.67. The molecule has 1 unspecified atom stereocenters. The number of nitrogens with one attached hydrogen (secondary N) is 1. The zero-order chi connectivity index (χ0) is 24.8. The molecule has 1 fully saturated rings. The third-order valence-corrected chi connectivity index (χ3v) is 7.47. The van der Waals surface area contributed by atoms with Gasteiger partial charge in [-0.25, -0.2) is 0 Å². The van der Waals surface area contributed by atoms with E-state index in [0.717, 1.165) is 21.2 Å². The van der Waals surface area contributed by atoms with Gasteiger partial charge >= 0.3 is 0 Å². The molecule has 2 amide bonds. The molecule has 3 aromatic carbocycles. The number of carbonyl (C=O) groups excluding carboxylic acids is 2. The Morgan fingerprint density at radius 1 is 1.03 bits per heavy atom. The summed E-state index contributed by atoms with van der Waals surface area (Å²) in [5.41, 5.74) is 3.76. The summed E-state index contributed by atoms with van der Waals surface area (Å²) in [4.78, 5) is 28.1. The van der Waals surface area contributed by atoms with Crippen LogP contribution >= 0.6 is 27.7 Å². The predicted molar refractivity (Wildman–Crippen MR) is 144 cm³/mol. The summed E-state index contributed by atoms with van der Waals surface area (Å²) >= 11 is 4.71. The summed E-state index contributed by atoms with van der Waals surface area (Å²) < 4.78 is 0.965. The molecule has 0 bridgehead atoms. The van der Waals surface area contributed by atoms with Crippen LogP contribution in [-0.4, -0.2) is 23.6 Å². The quantitative estimate of drug-likeness (QED) is 0.312. The Bertz CT molecular complexity index is 1280. The van der Waals surface area contributed by atoms with Crippen LogP contribution in [0.5, 0.6) is 0 Å². The predicted octanol–water partition coefficient (Wildman–Crippen LogP) is 5.54. The third kappa shape index (κ3) is 6.02. The molecule has 0 spiro atoms. The molecule has 0 aliphatic carbocycles. The van der Waals surface area contributed by atoms with Gasteiger partial charge in [0.05, 0.1) is 5.25 Å².